The summed E-state index contributed by atoms with van der Waals surface area (Å²) >= 11 is 5.01. The molecule has 0 saturated carbocycles. The molecule has 1 aliphatic heterocycles. The lowest BCUT2D eigenvalue weighted by Crippen LogP contribution is -2.40. The number of likely N-dealkylation sites (tertiary alicyclic amines) is 1. The molecule has 0 spiro atoms. The van der Waals surface area contributed by atoms with E-state index in [-0.39, 0.29) is 0 Å². The molecule has 0 aromatic carbocycles. The van der Waals surface area contributed by atoms with Crippen molar-refractivity contribution >= 4 is 22.9 Å². The lowest BCUT2D eigenvalue weighted by atomic mass is 10.1. The van der Waals surface area contributed by atoms with Crippen LogP contribution in [0.5, 0.6) is 0 Å². The maximum absolute atomic E-state index is 5.67. The molecule has 2 rings (SSSR count). The van der Waals surface area contributed by atoms with E-state index in [0.29, 0.717) is 16.7 Å². The summed E-state index contributed by atoms with van der Waals surface area (Å²) in [6, 6.07) is 4.33. The highest BCUT2D eigenvalue weighted by atomic mass is 32.1. The highest BCUT2D eigenvalue weighted by molar-refractivity contribution is 7.80. The number of anilines is 1. The third kappa shape index (κ3) is 3.14. The number of piperidine rings is 1. The molecule has 1 aliphatic rings. The smallest absolute Gasteiger partial charge is 0.124 e. The summed E-state index contributed by atoms with van der Waals surface area (Å²) in [5.41, 5.74) is 7.30. The van der Waals surface area contributed by atoms with Crippen LogP contribution in [0.4, 0.5) is 5.69 Å². The first-order valence-corrected chi connectivity index (χ1v) is 6.27. The second-order valence-corrected chi connectivity index (χ2v) is 4.95. The van der Waals surface area contributed by atoms with Crippen molar-refractivity contribution < 1.29 is 0 Å². The van der Waals surface area contributed by atoms with Crippen LogP contribution in [-0.2, 0) is 0 Å². The number of hydrogen-bond donors (Lipinski definition) is 2. The standard InChI is InChI=1S/C12H18N4S/c1-16-7-3-4-9(8-16)15-10-5-2-6-14-11(10)12(13)17/h2,5-6,9,15H,3-4,7-8H2,1H3,(H2,13,17). The van der Waals surface area contributed by atoms with E-state index in [4.69, 9.17) is 18.0 Å². The fourth-order valence-corrected chi connectivity index (χ4v) is 2.38. The van der Waals surface area contributed by atoms with E-state index in [0.717, 1.165) is 12.2 Å². The van der Waals surface area contributed by atoms with Gasteiger partial charge in [-0.05, 0) is 38.6 Å². The summed E-state index contributed by atoms with van der Waals surface area (Å²) in [6.07, 6.45) is 4.11. The Balaban J connectivity index is 2.10. The SMILES string of the molecule is CN1CCCC(Nc2cccnc2C(N)=S)C1. The Morgan fingerprint density at radius 2 is 2.47 bits per heavy atom. The minimum Gasteiger partial charge on any atom is -0.388 e. The zero-order chi connectivity index (χ0) is 12.3. The van der Waals surface area contributed by atoms with Crippen LogP contribution >= 0.6 is 12.2 Å². The molecule has 1 saturated heterocycles. The third-order valence-corrected chi connectivity index (χ3v) is 3.22. The maximum Gasteiger partial charge on any atom is 0.124 e. The molecule has 0 radical (unpaired) electrons. The fraction of sp³-hybridized carbons (Fsp3) is 0.500. The zero-order valence-electron chi connectivity index (χ0n) is 10.0. The fourth-order valence-electron chi connectivity index (χ4n) is 2.22. The van der Waals surface area contributed by atoms with Gasteiger partial charge in [0.05, 0.1) is 5.69 Å². The Morgan fingerprint density at radius 3 is 3.18 bits per heavy atom. The Kier molecular flexibility index (Phi) is 3.91. The highest BCUT2D eigenvalue weighted by Gasteiger charge is 2.18. The maximum atomic E-state index is 5.67. The van der Waals surface area contributed by atoms with E-state index in [2.05, 4.69) is 22.2 Å². The van der Waals surface area contributed by atoms with E-state index >= 15 is 0 Å². The topological polar surface area (TPSA) is 54.2 Å². The molecule has 3 N–H and O–H groups in total. The van der Waals surface area contributed by atoms with Crippen molar-refractivity contribution in [2.75, 3.05) is 25.5 Å². The van der Waals surface area contributed by atoms with E-state index in [1.54, 1.807) is 6.20 Å². The molecule has 1 aromatic heterocycles. The first kappa shape index (κ1) is 12.3. The average Bonchev–Trinajstić information content (AvgIpc) is 2.29. The summed E-state index contributed by atoms with van der Waals surface area (Å²) < 4.78 is 0. The van der Waals surface area contributed by atoms with Crippen LogP contribution in [-0.4, -0.2) is 41.1 Å². The zero-order valence-corrected chi connectivity index (χ0v) is 10.8. The van der Waals surface area contributed by atoms with Crippen molar-refractivity contribution in [3.63, 3.8) is 0 Å². The molecule has 1 atom stereocenters. The molecule has 0 aliphatic carbocycles. The molecule has 4 nitrogen and oxygen atoms in total. The largest absolute Gasteiger partial charge is 0.388 e. The number of nitrogens with two attached hydrogens (primary N) is 1. The molecule has 5 heteroatoms. The number of rotatable bonds is 3. The molecule has 0 bridgehead atoms. The predicted molar refractivity (Wildman–Crippen MR) is 74.3 cm³/mol. The number of pyridine rings is 1. The molecule has 1 unspecified atom stereocenters. The van der Waals surface area contributed by atoms with Gasteiger partial charge < -0.3 is 16.0 Å². The van der Waals surface area contributed by atoms with Crippen LogP contribution in [0.3, 0.4) is 0 Å². The predicted octanol–water partition coefficient (Wildman–Crippen LogP) is 1.22. The first-order valence-electron chi connectivity index (χ1n) is 5.86. The van der Waals surface area contributed by atoms with Crippen LogP contribution in [0, 0.1) is 0 Å². The van der Waals surface area contributed by atoms with Crippen molar-refractivity contribution in [2.24, 2.45) is 5.73 Å². The Morgan fingerprint density at radius 1 is 1.65 bits per heavy atom. The summed E-state index contributed by atoms with van der Waals surface area (Å²) in [4.78, 5) is 6.90. The van der Waals surface area contributed by atoms with Crippen LogP contribution in [0.1, 0.15) is 18.5 Å². The Labute approximate surface area is 107 Å². The Hall–Kier alpha value is -1.20. The van der Waals surface area contributed by atoms with Gasteiger partial charge >= 0.3 is 0 Å². The third-order valence-electron chi connectivity index (χ3n) is 3.03. The van der Waals surface area contributed by atoms with Crippen molar-refractivity contribution in [2.45, 2.75) is 18.9 Å². The molecule has 1 fully saturated rings. The molecule has 17 heavy (non-hydrogen) atoms. The van der Waals surface area contributed by atoms with E-state index in [1.807, 2.05) is 12.1 Å². The van der Waals surface area contributed by atoms with Crippen LogP contribution in [0.15, 0.2) is 18.3 Å². The quantitative estimate of drug-likeness (QED) is 0.790. The van der Waals surface area contributed by atoms with E-state index in [1.165, 1.54) is 19.4 Å². The summed E-state index contributed by atoms with van der Waals surface area (Å²) in [5.74, 6) is 0. The van der Waals surface area contributed by atoms with Gasteiger partial charge in [0, 0.05) is 18.8 Å². The number of nitrogens with one attached hydrogen (secondary N) is 1. The van der Waals surface area contributed by atoms with Crippen molar-refractivity contribution in [1.29, 1.82) is 0 Å². The number of hydrogen-bond acceptors (Lipinski definition) is 4. The average molecular weight is 250 g/mol. The summed E-state index contributed by atoms with van der Waals surface area (Å²) in [5, 5.41) is 3.49. The molecule has 1 aromatic rings. The summed E-state index contributed by atoms with van der Waals surface area (Å²) in [7, 11) is 2.14. The van der Waals surface area contributed by atoms with E-state index < -0.39 is 0 Å². The van der Waals surface area contributed by atoms with Gasteiger partial charge in [0.1, 0.15) is 10.7 Å². The minimum atomic E-state index is 0.345. The van der Waals surface area contributed by atoms with Gasteiger partial charge in [-0.3, -0.25) is 4.98 Å². The van der Waals surface area contributed by atoms with Gasteiger partial charge in [-0.25, -0.2) is 0 Å². The Bertz CT molecular complexity index is 407. The molecule has 0 amide bonds. The number of likely N-dealkylation sites (N-methyl/N-ethyl adjacent to an activating group) is 1. The summed E-state index contributed by atoms with van der Waals surface area (Å²) in [6.45, 7) is 2.22. The van der Waals surface area contributed by atoms with Crippen molar-refractivity contribution in [1.82, 2.24) is 9.88 Å². The first-order chi connectivity index (χ1) is 8.16. The van der Waals surface area contributed by atoms with Crippen LogP contribution in [0.25, 0.3) is 0 Å². The lowest BCUT2D eigenvalue weighted by molar-refractivity contribution is 0.261. The minimum absolute atomic E-state index is 0.345. The second-order valence-electron chi connectivity index (χ2n) is 4.51. The van der Waals surface area contributed by atoms with Crippen LogP contribution < -0.4 is 11.1 Å². The highest BCUT2D eigenvalue weighted by Crippen LogP contribution is 2.17. The van der Waals surface area contributed by atoms with E-state index in [9.17, 15) is 0 Å². The van der Waals surface area contributed by atoms with Gasteiger partial charge in [-0.2, -0.15) is 0 Å². The second kappa shape index (κ2) is 5.42. The number of thiocarbonyl (C=S) groups is 1. The molecule has 2 heterocycles. The lowest BCUT2D eigenvalue weighted by Gasteiger charge is -2.31. The molecular weight excluding hydrogens is 232 g/mol. The normalized spacial score (nSPS) is 21.1. The van der Waals surface area contributed by atoms with Gasteiger partial charge in [-0.15, -0.1) is 0 Å². The number of nitrogens with zero attached hydrogens (tertiary/aromatic N) is 2. The van der Waals surface area contributed by atoms with Crippen LogP contribution in [0.2, 0.25) is 0 Å². The van der Waals surface area contributed by atoms with Gasteiger partial charge in [0.2, 0.25) is 0 Å². The monoisotopic (exact) mass is 250 g/mol. The van der Waals surface area contributed by atoms with Gasteiger partial charge in [0.25, 0.3) is 0 Å². The van der Waals surface area contributed by atoms with Crippen molar-refractivity contribution in [3.05, 3.63) is 24.0 Å². The molecular formula is C12H18N4S. The van der Waals surface area contributed by atoms with Gasteiger partial charge in [-0.1, -0.05) is 12.2 Å². The molecule has 92 valence electrons. The number of aromatic nitrogens is 1. The van der Waals surface area contributed by atoms with Gasteiger partial charge in [0.15, 0.2) is 0 Å². The van der Waals surface area contributed by atoms with Crippen molar-refractivity contribution in [3.8, 4) is 0 Å².